The smallest absolute Gasteiger partial charge is 0.245 e. The Morgan fingerprint density at radius 1 is 1.25 bits per heavy atom. The van der Waals surface area contributed by atoms with Gasteiger partial charge in [0.25, 0.3) is 0 Å². The average Bonchev–Trinajstić information content (AvgIpc) is 2.76. The second-order valence-corrected chi connectivity index (χ2v) is 7.85. The molecule has 1 aliphatic rings. The highest BCUT2D eigenvalue weighted by atomic mass is 35.5. The van der Waals surface area contributed by atoms with Gasteiger partial charge in [0.05, 0.1) is 19.8 Å². The van der Waals surface area contributed by atoms with Crippen molar-refractivity contribution >= 4 is 35.7 Å². The molecule has 0 radical (unpaired) electrons. The fraction of sp³-hybridized carbons (Fsp3) is 0.571. The molecule has 2 atom stereocenters. The summed E-state index contributed by atoms with van der Waals surface area (Å²) in [6.07, 6.45) is 0. The molecule has 7 N–H and O–H groups in total. The topological polar surface area (TPSA) is 153 Å². The van der Waals surface area contributed by atoms with Gasteiger partial charge >= 0.3 is 0 Å². The van der Waals surface area contributed by atoms with Crippen LogP contribution in [-0.2, 0) is 14.3 Å². The number of amides is 2. The summed E-state index contributed by atoms with van der Waals surface area (Å²) >= 11 is 0. The number of anilines is 1. The fourth-order valence-electron chi connectivity index (χ4n) is 3.23. The van der Waals surface area contributed by atoms with Crippen LogP contribution in [0.25, 0.3) is 0 Å². The van der Waals surface area contributed by atoms with Crippen LogP contribution >= 0.6 is 12.4 Å². The van der Waals surface area contributed by atoms with Crippen LogP contribution in [0.3, 0.4) is 0 Å². The van der Waals surface area contributed by atoms with E-state index in [0.717, 1.165) is 19.6 Å². The van der Waals surface area contributed by atoms with E-state index in [1.54, 1.807) is 24.3 Å². The molecule has 180 valence electrons. The highest BCUT2D eigenvalue weighted by Gasteiger charge is 2.27. The summed E-state index contributed by atoms with van der Waals surface area (Å²) in [5.74, 6) is -0.973. The van der Waals surface area contributed by atoms with Crippen molar-refractivity contribution in [1.82, 2.24) is 15.5 Å². The number of ether oxygens (including phenoxy) is 1. The Morgan fingerprint density at radius 3 is 2.53 bits per heavy atom. The van der Waals surface area contributed by atoms with Gasteiger partial charge < -0.3 is 31.5 Å². The zero-order chi connectivity index (χ0) is 22.8. The molecule has 0 saturated carbocycles. The van der Waals surface area contributed by atoms with E-state index in [0.29, 0.717) is 31.0 Å². The van der Waals surface area contributed by atoms with Gasteiger partial charge in [0.1, 0.15) is 17.9 Å². The van der Waals surface area contributed by atoms with E-state index < -0.39 is 24.6 Å². The van der Waals surface area contributed by atoms with Gasteiger partial charge in [-0.3, -0.25) is 19.9 Å². The number of rotatable bonds is 11. The summed E-state index contributed by atoms with van der Waals surface area (Å²) in [4.78, 5) is 27.6. The number of halogens is 1. The number of hydrogen-bond donors (Lipinski definition) is 6. The molecule has 0 aliphatic carbocycles. The van der Waals surface area contributed by atoms with Crippen LogP contribution in [0.4, 0.5) is 5.69 Å². The number of aliphatic hydroxyl groups excluding tert-OH is 1. The van der Waals surface area contributed by atoms with E-state index in [4.69, 9.17) is 15.9 Å². The number of carbonyl (C=O) groups excluding carboxylic acids is 2. The molecule has 0 bridgehead atoms. The van der Waals surface area contributed by atoms with E-state index in [1.807, 2.05) is 13.8 Å². The van der Waals surface area contributed by atoms with Crippen LogP contribution in [0.15, 0.2) is 24.3 Å². The van der Waals surface area contributed by atoms with Crippen LogP contribution in [0.5, 0.6) is 0 Å². The molecule has 0 aromatic heterocycles. The van der Waals surface area contributed by atoms with E-state index >= 15 is 0 Å². The van der Waals surface area contributed by atoms with Crippen molar-refractivity contribution in [3.8, 4) is 0 Å². The van der Waals surface area contributed by atoms with Gasteiger partial charge in [-0.1, -0.05) is 26.0 Å². The Balaban J connectivity index is 0.00000512. The first-order chi connectivity index (χ1) is 14.8. The molecule has 10 nitrogen and oxygen atoms in total. The lowest BCUT2D eigenvalue weighted by Gasteiger charge is -2.28. The van der Waals surface area contributed by atoms with Gasteiger partial charge in [-0.05, 0) is 18.1 Å². The molecule has 1 heterocycles. The van der Waals surface area contributed by atoms with Gasteiger partial charge in [-0.2, -0.15) is 0 Å². The van der Waals surface area contributed by atoms with Gasteiger partial charge in [-0.25, -0.2) is 0 Å². The number of nitrogens with one attached hydrogen (secondary N) is 4. The number of nitrogens with two attached hydrogens (primary N) is 1. The normalized spacial score (nSPS) is 15.9. The predicted octanol–water partition coefficient (Wildman–Crippen LogP) is -0.246. The van der Waals surface area contributed by atoms with Crippen molar-refractivity contribution in [2.75, 3.05) is 51.3 Å². The van der Waals surface area contributed by atoms with Crippen molar-refractivity contribution in [3.05, 3.63) is 29.8 Å². The zero-order valence-electron chi connectivity index (χ0n) is 18.6. The van der Waals surface area contributed by atoms with Crippen molar-refractivity contribution < 1.29 is 19.4 Å². The quantitative estimate of drug-likeness (QED) is 0.193. The summed E-state index contributed by atoms with van der Waals surface area (Å²) in [7, 11) is 0. The Labute approximate surface area is 195 Å². The molecule has 2 amide bonds. The third kappa shape index (κ3) is 8.62. The minimum Gasteiger partial charge on any atom is -0.394 e. The molecule has 0 spiro atoms. The Kier molecular flexibility index (Phi) is 12.0. The number of morpholine rings is 1. The number of benzene rings is 1. The SMILES string of the molecule is CC(C)C(NC(=O)C(CO)Nc1cccc(C(=N)N)c1)C(=O)NCCN1CCOCC1.Cl. The minimum atomic E-state index is -0.954. The highest BCUT2D eigenvalue weighted by Crippen LogP contribution is 2.12. The van der Waals surface area contributed by atoms with E-state index in [-0.39, 0.29) is 30.1 Å². The average molecular weight is 471 g/mol. The summed E-state index contributed by atoms with van der Waals surface area (Å²) in [5, 5.41) is 25.8. The van der Waals surface area contributed by atoms with Crippen molar-refractivity contribution in [1.29, 1.82) is 5.41 Å². The lowest BCUT2D eigenvalue weighted by molar-refractivity contribution is -0.130. The number of nitrogens with zero attached hydrogens (tertiary/aromatic N) is 1. The molecule has 32 heavy (non-hydrogen) atoms. The lowest BCUT2D eigenvalue weighted by Crippen LogP contribution is -2.55. The standard InChI is InChI=1S/C21H34N6O4.ClH/c1-14(2)18(21(30)24-6-7-27-8-10-31-11-9-27)26-20(29)17(13-28)25-16-5-3-4-15(12-16)19(22)23;/h3-5,12,14,17-18,25,28H,6-11,13H2,1-2H3,(H3,22,23)(H,24,30)(H,26,29);1H. The Hall–Kier alpha value is -2.40. The maximum atomic E-state index is 12.7. The first kappa shape index (κ1) is 27.6. The van der Waals surface area contributed by atoms with Gasteiger partial charge in [0.15, 0.2) is 0 Å². The second kappa shape index (κ2) is 13.9. The van der Waals surface area contributed by atoms with Crippen LogP contribution in [-0.4, -0.2) is 85.7 Å². The van der Waals surface area contributed by atoms with E-state index in [2.05, 4.69) is 20.9 Å². The van der Waals surface area contributed by atoms with E-state index in [9.17, 15) is 14.7 Å². The maximum Gasteiger partial charge on any atom is 0.245 e. The number of amidine groups is 1. The van der Waals surface area contributed by atoms with Gasteiger partial charge in [-0.15, -0.1) is 12.4 Å². The lowest BCUT2D eigenvalue weighted by atomic mass is 10.0. The summed E-state index contributed by atoms with van der Waals surface area (Å²) < 4.78 is 5.31. The molecular formula is C21H35ClN6O4. The third-order valence-electron chi connectivity index (χ3n) is 5.09. The Morgan fingerprint density at radius 2 is 1.94 bits per heavy atom. The third-order valence-corrected chi connectivity index (χ3v) is 5.09. The van der Waals surface area contributed by atoms with Crippen molar-refractivity contribution in [2.45, 2.75) is 25.9 Å². The molecular weight excluding hydrogens is 436 g/mol. The molecule has 1 aliphatic heterocycles. The first-order valence-electron chi connectivity index (χ1n) is 10.5. The Bertz CT molecular complexity index is 758. The number of nitrogen functional groups attached to an aromatic ring is 1. The molecule has 2 unspecified atom stereocenters. The molecule has 1 aromatic rings. The van der Waals surface area contributed by atoms with Crippen LogP contribution in [0.2, 0.25) is 0 Å². The second-order valence-electron chi connectivity index (χ2n) is 7.85. The number of aliphatic hydroxyl groups is 1. The number of carbonyl (C=O) groups is 2. The maximum absolute atomic E-state index is 12.7. The van der Waals surface area contributed by atoms with Gasteiger partial charge in [0.2, 0.25) is 11.8 Å². The molecule has 1 saturated heterocycles. The van der Waals surface area contributed by atoms with E-state index in [1.165, 1.54) is 0 Å². The molecule has 2 rings (SSSR count). The molecule has 1 fully saturated rings. The summed E-state index contributed by atoms with van der Waals surface area (Å²) in [6, 6.07) is 5.03. The van der Waals surface area contributed by atoms with Crippen LogP contribution < -0.4 is 21.7 Å². The van der Waals surface area contributed by atoms with Crippen LogP contribution in [0.1, 0.15) is 19.4 Å². The van der Waals surface area contributed by atoms with Crippen molar-refractivity contribution in [3.63, 3.8) is 0 Å². The van der Waals surface area contributed by atoms with Crippen LogP contribution in [0, 0.1) is 11.3 Å². The summed E-state index contributed by atoms with van der Waals surface area (Å²) in [5.41, 5.74) is 6.54. The first-order valence-corrected chi connectivity index (χ1v) is 10.5. The predicted molar refractivity (Wildman–Crippen MR) is 126 cm³/mol. The van der Waals surface area contributed by atoms with Crippen molar-refractivity contribution in [2.24, 2.45) is 11.7 Å². The highest BCUT2D eigenvalue weighted by molar-refractivity contribution is 5.96. The molecule has 11 heteroatoms. The zero-order valence-corrected chi connectivity index (χ0v) is 19.4. The minimum absolute atomic E-state index is 0. The number of hydrogen-bond acceptors (Lipinski definition) is 7. The fourth-order valence-corrected chi connectivity index (χ4v) is 3.23. The van der Waals surface area contributed by atoms with Gasteiger partial charge in [0, 0.05) is 37.4 Å². The monoisotopic (exact) mass is 470 g/mol. The molecule has 1 aromatic carbocycles. The summed E-state index contributed by atoms with van der Waals surface area (Å²) in [6.45, 7) is 7.53. The largest absolute Gasteiger partial charge is 0.394 e.